The number of rotatable bonds is 15. The van der Waals surface area contributed by atoms with Crippen LogP contribution in [-0.4, -0.2) is 65.8 Å². The highest BCUT2D eigenvalue weighted by Crippen LogP contribution is 2.20. The minimum atomic E-state index is -0.648. The Kier molecular flexibility index (Phi) is 13.0. The number of benzene rings is 4. The number of aryl methyl sites for hydroxylation is 1. The van der Waals surface area contributed by atoms with Crippen molar-refractivity contribution in [3.8, 4) is 5.75 Å². The number of amides is 2. The first-order valence-corrected chi connectivity index (χ1v) is 17.3. The van der Waals surface area contributed by atoms with Crippen LogP contribution in [0.5, 0.6) is 5.75 Å². The quantitative estimate of drug-likeness (QED) is 0.1000. The first-order valence-electron chi connectivity index (χ1n) is 17.3. The predicted molar refractivity (Wildman–Crippen MR) is 194 cm³/mol. The second kappa shape index (κ2) is 18.0. The van der Waals surface area contributed by atoms with Crippen LogP contribution in [0.25, 0.3) is 6.08 Å². The van der Waals surface area contributed by atoms with Gasteiger partial charge in [-0.2, -0.15) is 0 Å². The van der Waals surface area contributed by atoms with Crippen LogP contribution in [0.3, 0.4) is 0 Å². The summed E-state index contributed by atoms with van der Waals surface area (Å²) in [5.74, 6) is 0.575. The summed E-state index contributed by atoms with van der Waals surface area (Å²) in [5.41, 5.74) is 5.51. The molecule has 0 spiro atoms. The van der Waals surface area contributed by atoms with E-state index in [1.807, 2.05) is 71.6 Å². The van der Waals surface area contributed by atoms with Gasteiger partial charge in [0, 0.05) is 51.8 Å². The van der Waals surface area contributed by atoms with Gasteiger partial charge in [0.25, 0.3) is 0 Å². The summed E-state index contributed by atoms with van der Waals surface area (Å²) in [6.07, 6.45) is 8.49. The molecule has 0 bridgehead atoms. The lowest BCUT2D eigenvalue weighted by atomic mass is 10.0. The van der Waals surface area contributed by atoms with Crippen molar-refractivity contribution in [3.63, 3.8) is 0 Å². The molecule has 1 heterocycles. The SMILES string of the molecule is CCCCCc1ccc(CN(C(=O)C=Cc2ccc(OC)cc2)[C@@H](Cc2ccccc2)C(=O)N2CCN(Cc3ccccc3)CC2)cc1. The lowest BCUT2D eigenvalue weighted by Gasteiger charge is -2.39. The molecule has 48 heavy (non-hydrogen) atoms. The van der Waals surface area contributed by atoms with Gasteiger partial charge in [-0.25, -0.2) is 0 Å². The van der Waals surface area contributed by atoms with Crippen molar-refractivity contribution in [3.05, 3.63) is 143 Å². The van der Waals surface area contributed by atoms with Gasteiger partial charge >= 0.3 is 0 Å². The molecule has 1 aliphatic rings. The third-order valence-corrected chi connectivity index (χ3v) is 9.13. The smallest absolute Gasteiger partial charge is 0.247 e. The van der Waals surface area contributed by atoms with E-state index >= 15 is 0 Å². The Morgan fingerprint density at radius 1 is 0.750 bits per heavy atom. The zero-order valence-corrected chi connectivity index (χ0v) is 28.5. The fraction of sp³-hybridized carbons (Fsp3) is 0.333. The molecule has 1 saturated heterocycles. The van der Waals surface area contributed by atoms with E-state index in [0.717, 1.165) is 48.5 Å². The van der Waals surface area contributed by atoms with Crippen LogP contribution in [-0.2, 0) is 35.5 Å². The molecule has 1 aliphatic heterocycles. The monoisotopic (exact) mass is 643 g/mol. The molecular formula is C42H49N3O3. The van der Waals surface area contributed by atoms with Gasteiger partial charge in [-0.1, -0.05) is 117 Å². The maximum atomic E-state index is 14.5. The summed E-state index contributed by atoms with van der Waals surface area (Å²) < 4.78 is 5.30. The second-order valence-electron chi connectivity index (χ2n) is 12.6. The molecule has 4 aromatic carbocycles. The number of carbonyl (C=O) groups excluding carboxylic acids is 2. The molecule has 0 unspecified atom stereocenters. The Morgan fingerprint density at radius 3 is 2.00 bits per heavy atom. The Hall–Kier alpha value is -4.68. The van der Waals surface area contributed by atoms with Crippen LogP contribution in [0, 0.1) is 0 Å². The van der Waals surface area contributed by atoms with E-state index in [1.165, 1.54) is 30.4 Å². The highest BCUT2D eigenvalue weighted by atomic mass is 16.5. The van der Waals surface area contributed by atoms with Gasteiger partial charge in [-0.3, -0.25) is 14.5 Å². The van der Waals surface area contributed by atoms with Crippen LogP contribution in [0.4, 0.5) is 0 Å². The first kappa shape index (κ1) is 34.6. The number of methoxy groups -OCH3 is 1. The van der Waals surface area contributed by atoms with Crippen molar-refractivity contribution in [2.75, 3.05) is 33.3 Å². The number of ether oxygens (including phenoxy) is 1. The van der Waals surface area contributed by atoms with Crippen LogP contribution >= 0.6 is 0 Å². The molecule has 1 fully saturated rings. The Balaban J connectivity index is 1.39. The van der Waals surface area contributed by atoms with Gasteiger partial charge in [0.15, 0.2) is 0 Å². The molecule has 1 atom stereocenters. The summed E-state index contributed by atoms with van der Waals surface area (Å²) in [6.45, 7) is 6.28. The van der Waals surface area contributed by atoms with E-state index in [1.54, 1.807) is 18.1 Å². The van der Waals surface area contributed by atoms with Crippen LogP contribution in [0.1, 0.15) is 54.0 Å². The Morgan fingerprint density at radius 2 is 1.38 bits per heavy atom. The van der Waals surface area contributed by atoms with E-state index in [4.69, 9.17) is 4.74 Å². The molecule has 0 saturated carbocycles. The van der Waals surface area contributed by atoms with Crippen molar-refractivity contribution >= 4 is 17.9 Å². The number of nitrogens with zero attached hydrogens (tertiary/aromatic N) is 3. The third kappa shape index (κ3) is 10.2. The molecule has 4 aromatic rings. The van der Waals surface area contributed by atoms with E-state index in [0.29, 0.717) is 26.1 Å². The lowest BCUT2D eigenvalue weighted by Crippen LogP contribution is -2.56. The largest absolute Gasteiger partial charge is 0.497 e. The number of unbranched alkanes of at least 4 members (excludes halogenated alkanes) is 2. The number of piperazine rings is 1. The Bertz CT molecular complexity index is 1580. The maximum absolute atomic E-state index is 14.5. The molecule has 5 rings (SSSR count). The van der Waals surface area contributed by atoms with Gasteiger partial charge in [0.05, 0.1) is 7.11 Å². The predicted octanol–water partition coefficient (Wildman–Crippen LogP) is 7.43. The number of carbonyl (C=O) groups is 2. The summed E-state index contributed by atoms with van der Waals surface area (Å²) in [7, 11) is 1.64. The fourth-order valence-corrected chi connectivity index (χ4v) is 6.25. The third-order valence-electron chi connectivity index (χ3n) is 9.13. The molecule has 0 N–H and O–H groups in total. The minimum absolute atomic E-state index is 0.000553. The van der Waals surface area contributed by atoms with Crippen LogP contribution < -0.4 is 4.74 Å². The van der Waals surface area contributed by atoms with Gasteiger partial charge in [0.1, 0.15) is 11.8 Å². The molecular weight excluding hydrogens is 594 g/mol. The summed E-state index contributed by atoms with van der Waals surface area (Å²) in [5, 5.41) is 0. The molecule has 0 radical (unpaired) electrons. The number of hydrogen-bond acceptors (Lipinski definition) is 4. The minimum Gasteiger partial charge on any atom is -0.497 e. The van der Waals surface area contributed by atoms with E-state index in [9.17, 15) is 9.59 Å². The molecule has 6 nitrogen and oxygen atoms in total. The van der Waals surface area contributed by atoms with Gasteiger partial charge in [0.2, 0.25) is 11.8 Å². The average Bonchev–Trinajstić information content (AvgIpc) is 3.14. The van der Waals surface area contributed by atoms with Gasteiger partial charge in [-0.15, -0.1) is 0 Å². The number of hydrogen-bond donors (Lipinski definition) is 0. The summed E-state index contributed by atoms with van der Waals surface area (Å²) in [4.78, 5) is 34.8. The molecule has 250 valence electrons. The van der Waals surface area contributed by atoms with Gasteiger partial charge < -0.3 is 14.5 Å². The second-order valence-corrected chi connectivity index (χ2v) is 12.6. The van der Waals surface area contributed by atoms with E-state index in [-0.39, 0.29) is 11.8 Å². The lowest BCUT2D eigenvalue weighted by molar-refractivity contribution is -0.145. The molecule has 6 heteroatoms. The van der Waals surface area contributed by atoms with Crippen molar-refractivity contribution in [2.24, 2.45) is 0 Å². The van der Waals surface area contributed by atoms with Crippen molar-refractivity contribution in [1.29, 1.82) is 0 Å². The maximum Gasteiger partial charge on any atom is 0.247 e. The normalized spacial score (nSPS) is 14.2. The molecule has 0 aromatic heterocycles. The summed E-state index contributed by atoms with van der Waals surface area (Å²) >= 11 is 0. The highest BCUT2D eigenvalue weighted by Gasteiger charge is 2.34. The van der Waals surface area contributed by atoms with Crippen molar-refractivity contribution in [2.45, 2.75) is 58.2 Å². The Labute approximate surface area is 286 Å². The van der Waals surface area contributed by atoms with Crippen molar-refractivity contribution < 1.29 is 14.3 Å². The van der Waals surface area contributed by atoms with Crippen LogP contribution in [0.2, 0.25) is 0 Å². The fourth-order valence-electron chi connectivity index (χ4n) is 6.25. The zero-order valence-electron chi connectivity index (χ0n) is 28.5. The van der Waals surface area contributed by atoms with E-state index < -0.39 is 6.04 Å². The first-order chi connectivity index (χ1) is 23.5. The summed E-state index contributed by atoms with van der Waals surface area (Å²) in [6, 6.07) is 36.0. The topological polar surface area (TPSA) is 53.1 Å². The van der Waals surface area contributed by atoms with Gasteiger partial charge in [-0.05, 0) is 58.9 Å². The zero-order chi connectivity index (χ0) is 33.6. The molecule has 0 aliphatic carbocycles. The van der Waals surface area contributed by atoms with E-state index in [2.05, 4.69) is 60.4 Å². The highest BCUT2D eigenvalue weighted by molar-refractivity contribution is 5.95. The van der Waals surface area contributed by atoms with Crippen molar-refractivity contribution in [1.82, 2.24) is 14.7 Å². The standard InChI is InChI=1S/C42H49N3O3/c1-3-4-7-12-34-17-19-38(20-18-34)33-45(41(46)26-23-35-21-24-39(48-2)25-22-35)40(31-36-13-8-5-9-14-36)42(47)44-29-27-43(28-30-44)32-37-15-10-6-11-16-37/h5-6,8-11,13-26,40H,3-4,7,12,27-33H2,1-2H3/t40-/m0/s1. The molecule has 2 amide bonds. The average molecular weight is 644 g/mol. The van der Waals surface area contributed by atoms with Crippen LogP contribution in [0.15, 0.2) is 115 Å².